The van der Waals surface area contributed by atoms with Crippen LogP contribution in [-0.4, -0.2) is 35.4 Å². The Morgan fingerprint density at radius 3 is 3.05 bits per heavy atom. The fraction of sp³-hybridized carbons (Fsp3) is 0.364. The second-order valence-electron chi connectivity index (χ2n) is 4.36. The fourth-order valence-corrected chi connectivity index (χ4v) is 2.02. The Morgan fingerprint density at radius 1 is 1.37 bits per heavy atom. The summed E-state index contributed by atoms with van der Waals surface area (Å²) in [5.74, 6) is 0.645. The molecule has 0 aliphatic rings. The number of aryl methyl sites for hydroxylation is 2. The zero-order chi connectivity index (χ0) is 13.2. The maximum Gasteiger partial charge on any atom is 0.188 e. The van der Waals surface area contributed by atoms with Gasteiger partial charge in [0.2, 0.25) is 0 Å². The van der Waals surface area contributed by atoms with E-state index in [1.807, 2.05) is 20.2 Å². The van der Waals surface area contributed by atoms with E-state index in [0.717, 1.165) is 22.3 Å². The number of nitrogens with one attached hydrogen (secondary N) is 2. The van der Waals surface area contributed by atoms with E-state index in [1.165, 1.54) is 0 Å². The predicted octanol–water partition coefficient (Wildman–Crippen LogP) is 0.0796. The van der Waals surface area contributed by atoms with E-state index < -0.39 is 0 Å². The van der Waals surface area contributed by atoms with Crippen molar-refractivity contribution in [2.24, 2.45) is 7.05 Å². The van der Waals surface area contributed by atoms with Crippen LogP contribution in [0, 0.1) is 6.92 Å². The summed E-state index contributed by atoms with van der Waals surface area (Å²) in [7, 11) is 1.90. The number of fused-ring (bicyclic) bond motifs is 1. The molecular weight excluding hydrogens is 244 g/mol. The molecule has 8 nitrogen and oxygen atoms in total. The van der Waals surface area contributed by atoms with Crippen molar-refractivity contribution in [3.05, 3.63) is 29.3 Å². The van der Waals surface area contributed by atoms with Gasteiger partial charge in [-0.3, -0.25) is 4.68 Å². The van der Waals surface area contributed by atoms with Crippen LogP contribution in [0.2, 0.25) is 0 Å². The largest absolute Gasteiger partial charge is 0.306 e. The van der Waals surface area contributed by atoms with Crippen LogP contribution in [0.25, 0.3) is 11.0 Å². The zero-order valence-electron chi connectivity index (χ0n) is 10.8. The van der Waals surface area contributed by atoms with Crippen molar-refractivity contribution < 1.29 is 0 Å². The van der Waals surface area contributed by atoms with Gasteiger partial charge < -0.3 is 5.32 Å². The molecular formula is C11H14N8. The van der Waals surface area contributed by atoms with Crippen LogP contribution in [-0.2, 0) is 20.1 Å². The second-order valence-corrected chi connectivity index (χ2v) is 4.36. The van der Waals surface area contributed by atoms with Crippen LogP contribution in [0.5, 0.6) is 0 Å². The van der Waals surface area contributed by atoms with Gasteiger partial charge in [0.25, 0.3) is 0 Å². The van der Waals surface area contributed by atoms with Crippen LogP contribution in [0.4, 0.5) is 0 Å². The first-order valence-electron chi connectivity index (χ1n) is 5.95. The van der Waals surface area contributed by atoms with Crippen molar-refractivity contribution in [2.75, 3.05) is 0 Å². The first-order valence-corrected chi connectivity index (χ1v) is 5.95. The minimum Gasteiger partial charge on any atom is -0.306 e. The average molecular weight is 258 g/mol. The van der Waals surface area contributed by atoms with E-state index in [1.54, 1.807) is 4.68 Å². The Kier molecular flexibility index (Phi) is 2.92. The van der Waals surface area contributed by atoms with Gasteiger partial charge in [-0.15, -0.1) is 10.2 Å². The molecule has 0 aliphatic heterocycles. The zero-order valence-corrected chi connectivity index (χ0v) is 10.8. The maximum absolute atomic E-state index is 4.43. The number of hydrogen-bond donors (Lipinski definition) is 2. The number of H-pyrrole nitrogens is 1. The van der Waals surface area contributed by atoms with Gasteiger partial charge in [0, 0.05) is 25.2 Å². The number of nitrogens with zero attached hydrogens (tertiary/aromatic N) is 6. The van der Waals surface area contributed by atoms with Crippen molar-refractivity contribution in [3.8, 4) is 0 Å². The lowest BCUT2D eigenvalue weighted by atomic mass is 10.2. The van der Waals surface area contributed by atoms with E-state index in [-0.39, 0.29) is 0 Å². The fourth-order valence-electron chi connectivity index (χ4n) is 2.02. The molecule has 3 rings (SSSR count). The summed E-state index contributed by atoms with van der Waals surface area (Å²) in [4.78, 5) is 4.43. The van der Waals surface area contributed by atoms with E-state index >= 15 is 0 Å². The molecule has 0 spiro atoms. The molecule has 19 heavy (non-hydrogen) atoms. The van der Waals surface area contributed by atoms with Crippen LogP contribution in [0.15, 0.2) is 12.3 Å². The van der Waals surface area contributed by atoms with Gasteiger partial charge in [-0.25, -0.2) is 4.98 Å². The molecule has 0 amide bonds. The molecule has 0 bridgehead atoms. The number of pyridine rings is 1. The molecule has 0 aliphatic carbocycles. The Hall–Kier alpha value is -2.35. The number of aromatic nitrogens is 7. The molecule has 0 saturated carbocycles. The molecule has 2 N–H and O–H groups in total. The third-order valence-corrected chi connectivity index (χ3v) is 2.92. The van der Waals surface area contributed by atoms with Gasteiger partial charge in [-0.2, -0.15) is 10.3 Å². The van der Waals surface area contributed by atoms with Crippen molar-refractivity contribution in [3.63, 3.8) is 0 Å². The highest BCUT2D eigenvalue weighted by molar-refractivity contribution is 5.78. The SMILES string of the molecule is Cc1nn(C)c2ncc(CNCc3nn[nH]n3)cc12. The molecule has 0 fully saturated rings. The maximum atomic E-state index is 4.43. The molecule has 0 saturated heterocycles. The Balaban J connectivity index is 1.73. The van der Waals surface area contributed by atoms with E-state index in [9.17, 15) is 0 Å². The lowest BCUT2D eigenvalue weighted by Crippen LogP contribution is -2.14. The third kappa shape index (κ3) is 2.29. The summed E-state index contributed by atoms with van der Waals surface area (Å²) in [5, 5.41) is 22.4. The van der Waals surface area contributed by atoms with Gasteiger partial charge in [0.05, 0.1) is 12.2 Å². The normalized spacial score (nSPS) is 11.3. The second kappa shape index (κ2) is 4.73. The van der Waals surface area contributed by atoms with Crippen molar-refractivity contribution in [2.45, 2.75) is 20.0 Å². The quantitative estimate of drug-likeness (QED) is 0.688. The van der Waals surface area contributed by atoms with Gasteiger partial charge >= 0.3 is 0 Å². The van der Waals surface area contributed by atoms with Crippen molar-refractivity contribution in [1.29, 1.82) is 0 Å². The summed E-state index contributed by atoms with van der Waals surface area (Å²) in [5.41, 5.74) is 3.00. The van der Waals surface area contributed by atoms with E-state index in [4.69, 9.17) is 0 Å². The topological polar surface area (TPSA) is 97.2 Å². The number of tetrazole rings is 1. The highest BCUT2D eigenvalue weighted by Crippen LogP contribution is 2.16. The Morgan fingerprint density at radius 2 is 2.26 bits per heavy atom. The smallest absolute Gasteiger partial charge is 0.188 e. The summed E-state index contributed by atoms with van der Waals surface area (Å²) in [6.07, 6.45) is 1.85. The first kappa shape index (κ1) is 11.7. The monoisotopic (exact) mass is 258 g/mol. The number of hydrogen-bond acceptors (Lipinski definition) is 6. The minimum atomic E-state index is 0.570. The number of rotatable bonds is 4. The lowest BCUT2D eigenvalue weighted by molar-refractivity contribution is 0.662. The van der Waals surface area contributed by atoms with E-state index in [0.29, 0.717) is 18.9 Å². The summed E-state index contributed by atoms with van der Waals surface area (Å²) < 4.78 is 1.79. The van der Waals surface area contributed by atoms with Gasteiger partial charge in [0.15, 0.2) is 11.5 Å². The standard InChI is InChI=1S/C11H14N8/c1-7-9-3-8(5-13-11(9)19(2)16-7)4-12-6-10-14-17-18-15-10/h3,5,12H,4,6H2,1-2H3,(H,14,15,17,18). The molecule has 3 aromatic heterocycles. The lowest BCUT2D eigenvalue weighted by Gasteiger charge is -2.02. The minimum absolute atomic E-state index is 0.570. The van der Waals surface area contributed by atoms with Crippen LogP contribution in [0.1, 0.15) is 17.1 Å². The molecule has 3 heterocycles. The van der Waals surface area contributed by atoms with E-state index in [2.05, 4.69) is 42.1 Å². The summed E-state index contributed by atoms with van der Waals surface area (Å²) in [6, 6.07) is 2.11. The number of aromatic amines is 1. The van der Waals surface area contributed by atoms with Gasteiger partial charge in [-0.1, -0.05) is 5.21 Å². The van der Waals surface area contributed by atoms with Crippen LogP contribution in [0.3, 0.4) is 0 Å². The molecule has 0 aromatic carbocycles. The van der Waals surface area contributed by atoms with Gasteiger partial charge in [-0.05, 0) is 18.6 Å². The highest BCUT2D eigenvalue weighted by Gasteiger charge is 2.07. The molecule has 0 radical (unpaired) electrons. The van der Waals surface area contributed by atoms with Crippen molar-refractivity contribution >= 4 is 11.0 Å². The average Bonchev–Trinajstić information content (AvgIpc) is 3.00. The van der Waals surface area contributed by atoms with Crippen LogP contribution >= 0.6 is 0 Å². The van der Waals surface area contributed by atoms with Crippen LogP contribution < -0.4 is 5.32 Å². The third-order valence-electron chi connectivity index (χ3n) is 2.92. The first-order chi connectivity index (χ1) is 9.24. The molecule has 0 atom stereocenters. The summed E-state index contributed by atoms with van der Waals surface area (Å²) in [6.45, 7) is 3.26. The summed E-state index contributed by atoms with van der Waals surface area (Å²) >= 11 is 0. The Labute approximate surface area is 109 Å². The Bertz CT molecular complexity index is 684. The molecule has 3 aromatic rings. The highest BCUT2D eigenvalue weighted by atomic mass is 15.5. The molecule has 8 heteroatoms. The van der Waals surface area contributed by atoms with Crippen molar-refractivity contribution in [1.82, 2.24) is 40.7 Å². The predicted molar refractivity (Wildman–Crippen MR) is 68.0 cm³/mol. The van der Waals surface area contributed by atoms with Gasteiger partial charge in [0.1, 0.15) is 0 Å². The molecule has 0 unspecified atom stereocenters. The molecule has 98 valence electrons.